The van der Waals surface area contributed by atoms with E-state index in [0.717, 1.165) is 11.2 Å². The zero-order chi connectivity index (χ0) is 83.9. The van der Waals surface area contributed by atoms with Crippen molar-refractivity contribution in [3.05, 3.63) is 118 Å². The van der Waals surface area contributed by atoms with Crippen molar-refractivity contribution in [2.45, 2.75) is 134 Å². The summed E-state index contributed by atoms with van der Waals surface area (Å²) in [6, 6.07) is 12.6. The monoisotopic (exact) mass is 1720 g/mol. The van der Waals surface area contributed by atoms with Crippen LogP contribution in [-0.2, 0) is 130 Å². The van der Waals surface area contributed by atoms with E-state index in [9.17, 15) is 57.7 Å². The SMILES string of the molecule is COCCOCCOCCOCCOCCOCCOCCOCCC(=O)N[C@@H](CCCCN1C(=O)C=CC1=O)C(=O)C[C@H](C(=O)N[C@@H](C)C(=O)Cc1ccc(COC(=O)N(C)Cc2ccccc2C(=O)Nc2nc3c(ncn3[C@@H]3O[C@@H]4COP(O)(=S)O[C@H]5C[C@H](Oc6ccncn6)C[C@@H]5COP(=O)(S)O[C@@H]3[C@@H]4O)c(=O)[nH]2)cc1)C(C)C. The minimum atomic E-state index is -4.39. The Bertz CT molecular complexity index is 4270. The Morgan fingerprint density at radius 2 is 1.39 bits per heavy atom. The van der Waals surface area contributed by atoms with Crippen LogP contribution in [0, 0.1) is 17.8 Å². The molecule has 117 heavy (non-hydrogen) atoms. The number of imide groups is 1. The smallest absolute Gasteiger partial charge is 0.410 e. The molecule has 3 aliphatic heterocycles. The first kappa shape index (κ1) is 93.1. The van der Waals surface area contributed by atoms with Gasteiger partial charge in [-0.2, -0.15) is 4.98 Å². The molecule has 2 aromatic carbocycles. The lowest BCUT2D eigenvalue weighted by atomic mass is 9.86. The standard InChI is InChI=1S/C75H103N11O27P2S2/c1-48(2)56(41-59(88)57(12-8-9-22-85-64(90)17-18-65(85)91)80-62(89)20-23-100-26-27-102-30-31-104-34-35-106-37-36-105-33-32-103-29-28-101-25-24-99-5)71(94)79-49(3)58(87)38-50-13-15-51(16-14-50)43-107-75(96)84(4)42-52-10-6-7-11-55(52)70(93)82-74-81-69-66(72(95)83-74)78-47-86(69)73-68-67(92)61(111-73)45-109-114(97,116)112-60-40-54(110-63-19-21-76-46-77-63)39-53(60)44-108-115(98,117)113-68/h6-7,10-11,13-19,21,46-49,53-54,56-57,60-61,67-68,73,92H,8-9,12,20,22-45H2,1-5H3,(H,79,94)(H,80,89)(H,97,116)(H,98,117)(H2,81,82,83,93,95)/t49-,53+,54+,56-,57-,60-,61+,67+,68+,73+,114?,115?/m0/s1. The van der Waals surface area contributed by atoms with Gasteiger partial charge in [0.1, 0.15) is 37.4 Å². The second-order valence-corrected chi connectivity index (χ2v) is 33.8. The Morgan fingerprint density at radius 3 is 2.03 bits per heavy atom. The molecule has 642 valence electrons. The van der Waals surface area contributed by atoms with Gasteiger partial charge in [-0.1, -0.05) is 68.6 Å². The minimum Gasteiger partial charge on any atom is -0.474 e. The number of benzene rings is 2. The lowest BCUT2D eigenvalue weighted by Gasteiger charge is -2.27. The number of carbonyl (C=O) groups is 8. The summed E-state index contributed by atoms with van der Waals surface area (Å²) in [7, 11) is 3.08. The first-order valence-electron chi connectivity index (χ1n) is 38.4. The van der Waals surface area contributed by atoms with Gasteiger partial charge in [0, 0.05) is 94.7 Å². The number of carbonyl (C=O) groups excluding carboxylic acids is 8. The van der Waals surface area contributed by atoms with Crippen LogP contribution in [0.3, 0.4) is 0 Å². The predicted molar refractivity (Wildman–Crippen MR) is 423 cm³/mol. The van der Waals surface area contributed by atoms with Gasteiger partial charge in [0.05, 0.1) is 137 Å². The molecular formula is C75H103N11O27P2S2. The molecule has 0 radical (unpaired) electrons. The number of nitrogens with zero attached hydrogens (tertiary/aromatic N) is 7. The minimum absolute atomic E-state index is 0.0295. The van der Waals surface area contributed by atoms with Crippen molar-refractivity contribution >= 4 is 102 Å². The Kier molecular flexibility index (Phi) is 37.6. The molecule has 38 nitrogen and oxygen atoms in total. The largest absolute Gasteiger partial charge is 0.474 e. The van der Waals surface area contributed by atoms with Crippen molar-refractivity contribution in [1.82, 2.24) is 49.9 Å². The number of anilines is 1. The number of methoxy groups -OCH3 is 1. The van der Waals surface area contributed by atoms with Crippen molar-refractivity contribution in [3.63, 3.8) is 0 Å². The van der Waals surface area contributed by atoms with Gasteiger partial charge >= 0.3 is 19.6 Å². The second kappa shape index (κ2) is 47.3. The van der Waals surface area contributed by atoms with Crippen LogP contribution >= 0.6 is 25.8 Å². The average Bonchev–Trinajstić information content (AvgIpc) is 1.61. The molecule has 5 aromatic rings. The van der Waals surface area contributed by atoms with Gasteiger partial charge < -0.3 is 91.2 Å². The van der Waals surface area contributed by atoms with Crippen LogP contribution in [0.1, 0.15) is 99.0 Å². The van der Waals surface area contributed by atoms with E-state index < -0.39 is 128 Å². The molecule has 2 bridgehead atoms. The Morgan fingerprint density at radius 1 is 0.761 bits per heavy atom. The first-order chi connectivity index (χ1) is 56.2. The highest BCUT2D eigenvalue weighted by molar-refractivity contribution is 8.44. The number of aliphatic hydroxyl groups excluding tert-OH is 1. The predicted octanol–water partition coefficient (Wildman–Crippen LogP) is 4.70. The van der Waals surface area contributed by atoms with E-state index in [1.54, 1.807) is 76.4 Å². The number of unbranched alkanes of at least 4 members (excludes halogenated alkanes) is 1. The number of hydrogen-bond donors (Lipinski definition) is 7. The molecule has 2 unspecified atom stereocenters. The van der Waals surface area contributed by atoms with Gasteiger partial charge in [0.25, 0.3) is 23.3 Å². The summed E-state index contributed by atoms with van der Waals surface area (Å²) >= 11 is 9.64. The summed E-state index contributed by atoms with van der Waals surface area (Å²) < 4.78 is 99.8. The molecule has 3 aromatic heterocycles. The van der Waals surface area contributed by atoms with Gasteiger partial charge in [-0.15, -0.1) is 0 Å². The fraction of sp³-hybridized carbons (Fsp3) is 0.587. The molecular weight excluding hydrogens is 1610 g/mol. The zero-order valence-corrected chi connectivity index (χ0v) is 69.2. The van der Waals surface area contributed by atoms with Crippen molar-refractivity contribution in [2.75, 3.05) is 138 Å². The fourth-order valence-corrected chi connectivity index (χ4v) is 15.8. The molecule has 0 spiro atoms. The van der Waals surface area contributed by atoms with Crippen molar-refractivity contribution in [3.8, 4) is 5.88 Å². The number of rotatable bonds is 48. The maximum atomic E-state index is 14.1. The van der Waals surface area contributed by atoms with Crippen molar-refractivity contribution < 1.29 is 123 Å². The number of nitrogens with one attached hydrogen (secondary N) is 4. The maximum Gasteiger partial charge on any atom is 0.410 e. The number of aliphatic hydroxyl groups is 1. The highest BCUT2D eigenvalue weighted by atomic mass is 32.7. The lowest BCUT2D eigenvalue weighted by molar-refractivity contribution is -0.137. The quantitative estimate of drug-likeness (QED) is 0.0120. The average molecular weight is 1720 g/mol. The van der Waals surface area contributed by atoms with Crippen LogP contribution in [0.2, 0.25) is 0 Å². The van der Waals surface area contributed by atoms with Crippen LogP contribution < -0.4 is 26.2 Å². The number of Topliss-reactive ketones (excluding diaryl/α,β-unsaturated/α-hetero) is 2. The molecule has 3 fully saturated rings. The number of hydrogen-bond acceptors (Lipinski definition) is 31. The van der Waals surface area contributed by atoms with E-state index in [2.05, 4.69) is 53.1 Å². The first-order valence-corrected chi connectivity index (χ1v) is 43.6. The highest BCUT2D eigenvalue weighted by Crippen LogP contribution is 2.59. The summed E-state index contributed by atoms with van der Waals surface area (Å²) in [4.78, 5) is 153. The number of fused-ring (bicyclic) bond motifs is 4. The number of H-pyrrole nitrogens is 1. The summed E-state index contributed by atoms with van der Waals surface area (Å²) in [6.45, 7) is 1.26. The molecule has 6 amide bonds. The highest BCUT2D eigenvalue weighted by Gasteiger charge is 2.51. The van der Waals surface area contributed by atoms with Gasteiger partial charge in [0.15, 0.2) is 29.0 Å². The van der Waals surface area contributed by atoms with Crippen LogP contribution in [0.15, 0.2) is 90.4 Å². The maximum absolute atomic E-state index is 14.1. The summed E-state index contributed by atoms with van der Waals surface area (Å²) in [5, 5.41) is 19.8. The van der Waals surface area contributed by atoms with Crippen molar-refractivity contribution in [2.24, 2.45) is 17.8 Å². The molecule has 2 saturated heterocycles. The topological polar surface area (TPSA) is 464 Å². The number of aromatic nitrogens is 6. The number of ether oxygens (including phenoxy) is 11. The van der Waals surface area contributed by atoms with E-state index in [1.807, 2.05) is 0 Å². The molecule has 42 heteroatoms. The number of imidazole rings is 1. The molecule has 6 heterocycles. The van der Waals surface area contributed by atoms with Gasteiger partial charge in [-0.25, -0.2) is 24.3 Å². The van der Waals surface area contributed by atoms with E-state index >= 15 is 0 Å². The lowest BCUT2D eigenvalue weighted by Crippen LogP contribution is -2.46. The van der Waals surface area contributed by atoms with E-state index in [0.29, 0.717) is 115 Å². The normalized spacial score (nSPS) is 22.2. The van der Waals surface area contributed by atoms with Gasteiger partial charge in [-0.3, -0.25) is 62.6 Å². The number of amides is 6. The third-order valence-electron chi connectivity index (χ3n) is 19.1. The van der Waals surface area contributed by atoms with Crippen LogP contribution in [0.4, 0.5) is 10.7 Å². The molecule has 12 atom stereocenters. The Labute approximate surface area is 685 Å². The summed E-state index contributed by atoms with van der Waals surface area (Å²) in [5.41, 5.74) is 0.381. The summed E-state index contributed by atoms with van der Waals surface area (Å²) in [5.74, 6) is -5.28. The second-order valence-electron chi connectivity index (χ2n) is 28.1. The Hall–Kier alpha value is -7.80. The summed E-state index contributed by atoms with van der Waals surface area (Å²) in [6.07, 6.45) is -0.788. The van der Waals surface area contributed by atoms with Gasteiger partial charge in [0.2, 0.25) is 23.6 Å². The molecule has 4 aliphatic rings. The fourth-order valence-electron chi connectivity index (χ4n) is 12.8. The molecule has 6 N–H and O–H groups in total. The third kappa shape index (κ3) is 29.8. The van der Waals surface area contributed by atoms with E-state index in [4.69, 9.17) is 82.0 Å². The third-order valence-corrected chi connectivity index (χ3v) is 22.3. The Balaban J connectivity index is 0.699. The molecule has 1 aliphatic carbocycles. The van der Waals surface area contributed by atoms with Crippen LogP contribution in [0.5, 0.6) is 5.88 Å². The molecule has 1 saturated carbocycles. The number of aromatic amines is 1. The van der Waals surface area contributed by atoms with E-state index in [-0.39, 0.29) is 119 Å². The van der Waals surface area contributed by atoms with Crippen LogP contribution in [0.25, 0.3) is 11.2 Å². The van der Waals surface area contributed by atoms with E-state index in [1.165, 1.54) is 47.3 Å². The zero-order valence-electron chi connectivity index (χ0n) is 65.7. The number of ketones is 2. The van der Waals surface area contributed by atoms with Crippen molar-refractivity contribution in [1.29, 1.82) is 0 Å². The van der Waals surface area contributed by atoms with Gasteiger partial charge in [-0.05, 0) is 73.1 Å². The molecule has 9 rings (SSSR count). The van der Waals surface area contributed by atoms with Crippen LogP contribution in [-0.4, -0.2) is 272 Å². The number of thiol groups is 1.